The van der Waals surface area contributed by atoms with Crippen LogP contribution < -0.4 is 5.32 Å². The Balaban J connectivity index is 1.99. The van der Waals surface area contributed by atoms with Crippen molar-refractivity contribution in [3.8, 4) is 0 Å². The zero-order valence-corrected chi connectivity index (χ0v) is 17.3. The Morgan fingerprint density at radius 2 is 1.81 bits per heavy atom. The highest BCUT2D eigenvalue weighted by Crippen LogP contribution is 2.26. The van der Waals surface area contributed by atoms with E-state index in [0.29, 0.717) is 11.7 Å². The molecule has 7 heteroatoms. The normalized spacial score (nSPS) is 14.8. The van der Waals surface area contributed by atoms with Crippen LogP contribution in [0.3, 0.4) is 0 Å². The number of nitrogens with zero attached hydrogens (tertiary/aromatic N) is 3. The minimum absolute atomic E-state index is 0.0869. The largest absolute Gasteiger partial charge is 0.332 e. The van der Waals surface area contributed by atoms with Crippen LogP contribution in [0.4, 0.5) is 5.13 Å². The maximum Gasteiger partial charge on any atom is 0.245 e. The van der Waals surface area contributed by atoms with Gasteiger partial charge in [0.05, 0.1) is 12.2 Å². The van der Waals surface area contributed by atoms with Gasteiger partial charge in [0.15, 0.2) is 5.13 Å². The van der Waals surface area contributed by atoms with Crippen LogP contribution in [0.25, 0.3) is 0 Å². The molecule has 2 amide bonds. The number of hydrogen-bond acceptors (Lipinski definition) is 5. The molecule has 1 N–H and O–H groups in total. The molecule has 0 aliphatic heterocycles. The lowest BCUT2D eigenvalue weighted by Crippen LogP contribution is -2.44. The van der Waals surface area contributed by atoms with Crippen molar-refractivity contribution in [2.45, 2.75) is 53.4 Å². The van der Waals surface area contributed by atoms with Crippen LogP contribution >= 0.6 is 11.3 Å². The maximum absolute atomic E-state index is 12.9. The Morgan fingerprint density at radius 3 is 2.35 bits per heavy atom. The van der Waals surface area contributed by atoms with Crippen LogP contribution in [0.2, 0.25) is 0 Å². The zero-order chi connectivity index (χ0) is 19.1. The molecule has 1 saturated carbocycles. The van der Waals surface area contributed by atoms with Gasteiger partial charge in [0.2, 0.25) is 11.8 Å². The van der Waals surface area contributed by atoms with Crippen LogP contribution in [0, 0.1) is 19.8 Å². The molecule has 1 aromatic rings. The third kappa shape index (κ3) is 5.77. The van der Waals surface area contributed by atoms with E-state index in [0.717, 1.165) is 55.9 Å². The van der Waals surface area contributed by atoms with Crippen molar-refractivity contribution in [2.24, 2.45) is 5.92 Å². The molecular weight excluding hydrogens is 348 g/mol. The average molecular weight is 381 g/mol. The maximum atomic E-state index is 12.9. The summed E-state index contributed by atoms with van der Waals surface area (Å²) < 4.78 is 0. The minimum Gasteiger partial charge on any atom is -0.332 e. The molecule has 2 rings (SSSR count). The van der Waals surface area contributed by atoms with Crippen molar-refractivity contribution >= 4 is 28.3 Å². The van der Waals surface area contributed by atoms with Gasteiger partial charge in [0.1, 0.15) is 0 Å². The summed E-state index contributed by atoms with van der Waals surface area (Å²) in [4.78, 5) is 34.9. The van der Waals surface area contributed by atoms with Crippen LogP contribution in [0.1, 0.15) is 50.1 Å². The summed E-state index contributed by atoms with van der Waals surface area (Å²) >= 11 is 1.47. The van der Waals surface area contributed by atoms with E-state index in [1.54, 1.807) is 4.90 Å². The SMILES string of the molecule is CCN(CC)CCN(CC(=O)Nc1nc(C)c(C)s1)C(=O)C1CCCC1. The highest BCUT2D eigenvalue weighted by Gasteiger charge is 2.28. The summed E-state index contributed by atoms with van der Waals surface area (Å²) in [5.41, 5.74) is 0.936. The van der Waals surface area contributed by atoms with Gasteiger partial charge in [-0.2, -0.15) is 0 Å². The van der Waals surface area contributed by atoms with Crippen molar-refractivity contribution < 1.29 is 9.59 Å². The molecule has 26 heavy (non-hydrogen) atoms. The van der Waals surface area contributed by atoms with Crippen molar-refractivity contribution in [3.63, 3.8) is 0 Å². The van der Waals surface area contributed by atoms with Gasteiger partial charge in [-0.1, -0.05) is 26.7 Å². The van der Waals surface area contributed by atoms with E-state index in [4.69, 9.17) is 0 Å². The predicted octanol–water partition coefficient (Wildman–Crippen LogP) is 3.06. The van der Waals surface area contributed by atoms with Gasteiger partial charge in [-0.05, 0) is 39.8 Å². The lowest BCUT2D eigenvalue weighted by Gasteiger charge is -2.28. The summed E-state index contributed by atoms with van der Waals surface area (Å²) in [6.07, 6.45) is 4.13. The summed E-state index contributed by atoms with van der Waals surface area (Å²) in [5.74, 6) is 0.0600. The second kappa shape index (κ2) is 10.0. The first kappa shape index (κ1) is 20.8. The van der Waals surface area contributed by atoms with Crippen LogP contribution in [0.5, 0.6) is 0 Å². The van der Waals surface area contributed by atoms with E-state index < -0.39 is 0 Å². The summed E-state index contributed by atoms with van der Waals surface area (Å²) in [6, 6.07) is 0. The second-order valence-electron chi connectivity index (χ2n) is 6.98. The summed E-state index contributed by atoms with van der Waals surface area (Å²) in [6.45, 7) is 11.6. The van der Waals surface area contributed by atoms with Crippen LogP contribution in [-0.4, -0.2) is 59.3 Å². The molecule has 1 heterocycles. The number of rotatable bonds is 9. The molecule has 0 unspecified atom stereocenters. The monoisotopic (exact) mass is 380 g/mol. The van der Waals surface area contributed by atoms with Crippen molar-refractivity contribution in [3.05, 3.63) is 10.6 Å². The second-order valence-corrected chi connectivity index (χ2v) is 8.18. The van der Waals surface area contributed by atoms with Crippen molar-refractivity contribution in [1.82, 2.24) is 14.8 Å². The van der Waals surface area contributed by atoms with Gasteiger partial charge in [0.25, 0.3) is 0 Å². The number of amides is 2. The molecule has 146 valence electrons. The van der Waals surface area contributed by atoms with Gasteiger partial charge < -0.3 is 15.1 Å². The first-order valence-corrected chi connectivity index (χ1v) is 10.5. The number of carbonyl (C=O) groups is 2. The topological polar surface area (TPSA) is 65.5 Å². The molecule has 6 nitrogen and oxygen atoms in total. The van der Waals surface area contributed by atoms with E-state index >= 15 is 0 Å². The fraction of sp³-hybridized carbons (Fsp3) is 0.737. The Bertz CT molecular complexity index is 587. The van der Waals surface area contributed by atoms with Crippen molar-refractivity contribution in [2.75, 3.05) is 38.0 Å². The smallest absolute Gasteiger partial charge is 0.245 e. The zero-order valence-electron chi connectivity index (χ0n) is 16.5. The number of likely N-dealkylation sites (N-methyl/N-ethyl adjacent to an activating group) is 1. The molecule has 0 atom stereocenters. The molecule has 0 aromatic carbocycles. The predicted molar refractivity (Wildman–Crippen MR) is 107 cm³/mol. The number of anilines is 1. The first-order chi connectivity index (χ1) is 12.4. The van der Waals surface area contributed by atoms with E-state index in [1.807, 2.05) is 13.8 Å². The molecule has 0 radical (unpaired) electrons. The van der Waals surface area contributed by atoms with Gasteiger partial charge >= 0.3 is 0 Å². The van der Waals surface area contributed by atoms with E-state index in [-0.39, 0.29) is 24.3 Å². The Labute approximate surface area is 161 Å². The molecular formula is C19H32N4O2S. The Kier molecular flexibility index (Phi) is 8.03. The van der Waals surface area contributed by atoms with Gasteiger partial charge in [-0.25, -0.2) is 4.98 Å². The molecule has 0 bridgehead atoms. The molecule has 1 aliphatic carbocycles. The van der Waals surface area contributed by atoms with Gasteiger partial charge in [0, 0.05) is 23.9 Å². The molecule has 0 spiro atoms. The first-order valence-electron chi connectivity index (χ1n) is 9.69. The number of nitrogens with one attached hydrogen (secondary N) is 1. The third-order valence-corrected chi connectivity index (χ3v) is 6.19. The summed E-state index contributed by atoms with van der Waals surface area (Å²) in [5, 5.41) is 3.47. The van der Waals surface area contributed by atoms with E-state index in [2.05, 4.69) is 29.0 Å². The Hall–Kier alpha value is -1.47. The van der Waals surface area contributed by atoms with Gasteiger partial charge in [-0.15, -0.1) is 11.3 Å². The third-order valence-electron chi connectivity index (χ3n) is 5.21. The number of thiazole rings is 1. The highest BCUT2D eigenvalue weighted by atomic mass is 32.1. The fourth-order valence-electron chi connectivity index (χ4n) is 3.36. The quantitative estimate of drug-likeness (QED) is 0.715. The number of aryl methyl sites for hydroxylation is 2. The number of aromatic nitrogens is 1. The lowest BCUT2D eigenvalue weighted by molar-refractivity contribution is -0.138. The molecule has 0 saturated heterocycles. The number of hydrogen-bond donors (Lipinski definition) is 1. The van der Waals surface area contributed by atoms with Gasteiger partial charge in [-0.3, -0.25) is 9.59 Å². The van der Waals surface area contributed by atoms with Crippen molar-refractivity contribution in [1.29, 1.82) is 0 Å². The highest BCUT2D eigenvalue weighted by molar-refractivity contribution is 7.15. The minimum atomic E-state index is -0.162. The van der Waals surface area contributed by atoms with E-state index in [9.17, 15) is 9.59 Å². The molecule has 1 aliphatic rings. The standard InChI is InChI=1S/C19H32N4O2S/c1-5-22(6-2)11-12-23(18(25)16-9-7-8-10-16)13-17(24)21-19-20-14(3)15(4)26-19/h16H,5-13H2,1-4H3,(H,20,21,24). The molecule has 1 fully saturated rings. The van der Waals surface area contributed by atoms with Crippen LogP contribution in [-0.2, 0) is 9.59 Å². The molecule has 1 aromatic heterocycles. The van der Waals surface area contributed by atoms with E-state index in [1.165, 1.54) is 11.3 Å². The number of carbonyl (C=O) groups excluding carboxylic acids is 2. The van der Waals surface area contributed by atoms with Crippen LogP contribution in [0.15, 0.2) is 0 Å². The summed E-state index contributed by atoms with van der Waals surface area (Å²) in [7, 11) is 0. The Morgan fingerprint density at radius 1 is 1.15 bits per heavy atom. The fourth-order valence-corrected chi connectivity index (χ4v) is 4.19. The average Bonchev–Trinajstić information content (AvgIpc) is 3.24. The lowest BCUT2D eigenvalue weighted by atomic mass is 10.1.